The summed E-state index contributed by atoms with van der Waals surface area (Å²) in [6, 6.07) is 11.7. The van der Waals surface area contributed by atoms with E-state index < -0.39 is 17.7 Å². The Hall–Kier alpha value is -4.12. The van der Waals surface area contributed by atoms with Crippen molar-refractivity contribution < 1.29 is 24.2 Å². The molecule has 2 aromatic heterocycles. The summed E-state index contributed by atoms with van der Waals surface area (Å²) >= 11 is 0. The minimum atomic E-state index is -0.598. The Kier molecular flexibility index (Phi) is 8.72. The normalized spacial score (nSPS) is 20.6. The highest BCUT2D eigenvalue weighted by molar-refractivity contribution is 5.95. The molecule has 0 spiro atoms. The van der Waals surface area contributed by atoms with Crippen molar-refractivity contribution in [3.8, 4) is 17.0 Å². The van der Waals surface area contributed by atoms with Gasteiger partial charge in [-0.2, -0.15) is 0 Å². The number of carbonyl (C=O) groups excluding carboxylic acids is 2. The fraction of sp³-hybridized carbons (Fsp3) is 0.529. The number of piperazine rings is 1. The van der Waals surface area contributed by atoms with Crippen LogP contribution in [-0.4, -0.2) is 108 Å². The van der Waals surface area contributed by atoms with Crippen LogP contribution in [0.1, 0.15) is 40.0 Å². The summed E-state index contributed by atoms with van der Waals surface area (Å²) in [5.74, 6) is 1.88. The Bertz CT molecular complexity index is 1530. The molecule has 2 atom stereocenters. The molecule has 0 saturated carbocycles. The second-order valence-corrected chi connectivity index (χ2v) is 13.2. The van der Waals surface area contributed by atoms with Crippen LogP contribution < -0.4 is 14.5 Å². The minimum Gasteiger partial charge on any atom is -0.497 e. The van der Waals surface area contributed by atoms with Crippen LogP contribution in [0.4, 0.5) is 16.3 Å². The summed E-state index contributed by atoms with van der Waals surface area (Å²) in [5, 5.41) is 10.8. The smallest absolute Gasteiger partial charge is 0.410 e. The van der Waals surface area contributed by atoms with E-state index >= 15 is 0 Å². The number of aliphatic hydroxyl groups is 1. The molecular formula is C34H44N6O5. The van der Waals surface area contributed by atoms with Crippen LogP contribution in [0.2, 0.25) is 0 Å². The van der Waals surface area contributed by atoms with Crippen LogP contribution in [0.15, 0.2) is 42.6 Å². The number of carbonyl (C=O) groups is 2. The average molecular weight is 617 g/mol. The second kappa shape index (κ2) is 12.7. The summed E-state index contributed by atoms with van der Waals surface area (Å²) in [7, 11) is 1.66. The predicted molar refractivity (Wildman–Crippen MR) is 174 cm³/mol. The lowest BCUT2D eigenvalue weighted by Gasteiger charge is -2.38. The lowest BCUT2D eigenvalue weighted by Crippen LogP contribution is -2.55. The summed E-state index contributed by atoms with van der Waals surface area (Å²) in [4.78, 5) is 43.9. The number of amides is 2. The van der Waals surface area contributed by atoms with Gasteiger partial charge in [-0.05, 0) is 70.4 Å². The number of hydrogen-bond donors (Lipinski definition) is 1. The lowest BCUT2D eigenvalue weighted by atomic mass is 10.1. The van der Waals surface area contributed by atoms with Crippen LogP contribution in [-0.2, 0) is 9.53 Å². The fourth-order valence-electron chi connectivity index (χ4n) is 6.58. The first kappa shape index (κ1) is 30.9. The van der Waals surface area contributed by atoms with Crippen LogP contribution in [0.25, 0.3) is 22.2 Å². The number of aliphatic hydroxyl groups excluding tert-OH is 1. The van der Waals surface area contributed by atoms with Crippen LogP contribution >= 0.6 is 0 Å². The van der Waals surface area contributed by atoms with Crippen molar-refractivity contribution >= 4 is 34.4 Å². The number of anilines is 2. The number of likely N-dealkylation sites (tertiary alicyclic amines) is 1. The first-order valence-electron chi connectivity index (χ1n) is 16.0. The van der Waals surface area contributed by atoms with Crippen molar-refractivity contribution in [1.82, 2.24) is 19.8 Å². The zero-order chi connectivity index (χ0) is 31.7. The number of benzene rings is 1. The highest BCUT2D eigenvalue weighted by Crippen LogP contribution is 2.35. The maximum atomic E-state index is 13.4. The van der Waals surface area contributed by atoms with Crippen molar-refractivity contribution in [2.75, 3.05) is 69.3 Å². The van der Waals surface area contributed by atoms with Crippen molar-refractivity contribution in [1.29, 1.82) is 0 Å². The van der Waals surface area contributed by atoms with Crippen molar-refractivity contribution in [2.24, 2.45) is 5.92 Å². The van der Waals surface area contributed by atoms with E-state index in [9.17, 15) is 14.7 Å². The van der Waals surface area contributed by atoms with Crippen LogP contribution in [0.5, 0.6) is 5.75 Å². The number of rotatable bonds is 6. The van der Waals surface area contributed by atoms with Crippen LogP contribution in [0.3, 0.4) is 0 Å². The Labute approximate surface area is 264 Å². The maximum Gasteiger partial charge on any atom is 0.410 e. The van der Waals surface area contributed by atoms with Gasteiger partial charge in [-0.3, -0.25) is 9.69 Å². The molecule has 3 aliphatic rings. The molecule has 1 aromatic carbocycles. The van der Waals surface area contributed by atoms with Gasteiger partial charge in [0.2, 0.25) is 5.91 Å². The van der Waals surface area contributed by atoms with E-state index in [-0.39, 0.29) is 18.4 Å². The van der Waals surface area contributed by atoms with Gasteiger partial charge in [-0.15, -0.1) is 0 Å². The zero-order valence-electron chi connectivity index (χ0n) is 26.7. The third kappa shape index (κ3) is 6.63. The van der Waals surface area contributed by atoms with E-state index in [0.29, 0.717) is 39.1 Å². The molecule has 1 N–H and O–H groups in total. The third-order valence-electron chi connectivity index (χ3n) is 9.00. The largest absolute Gasteiger partial charge is 0.497 e. The van der Waals surface area contributed by atoms with E-state index in [4.69, 9.17) is 19.4 Å². The summed E-state index contributed by atoms with van der Waals surface area (Å²) < 4.78 is 11.0. The molecular weight excluding hydrogens is 572 g/mol. The zero-order valence-corrected chi connectivity index (χ0v) is 26.7. The molecule has 240 valence electrons. The molecule has 0 bridgehead atoms. The molecule has 2 amide bonds. The van der Waals surface area contributed by atoms with E-state index in [1.807, 2.05) is 50.1 Å². The van der Waals surface area contributed by atoms with E-state index in [1.54, 1.807) is 12.0 Å². The molecule has 5 heterocycles. The summed E-state index contributed by atoms with van der Waals surface area (Å²) in [5.41, 5.74) is 3.11. The number of aromatic nitrogens is 2. The molecule has 11 nitrogen and oxygen atoms in total. The lowest BCUT2D eigenvalue weighted by molar-refractivity contribution is -0.136. The van der Waals surface area contributed by atoms with Gasteiger partial charge in [0.25, 0.3) is 0 Å². The topological polar surface area (TPSA) is 112 Å². The average Bonchev–Trinajstić information content (AvgIpc) is 3.74. The number of methoxy groups -OCH3 is 1. The number of hydrogen-bond acceptors (Lipinski definition) is 9. The molecule has 11 heteroatoms. The molecule has 3 saturated heterocycles. The SMILES string of the molecule is COc1ccc2c(N3CCC(CO)C3)cc(-c3ccc(N4CCN(C(=O)C5CCCN5C(=O)OC(C)(C)C)CC4)nc3)nc2c1. The summed E-state index contributed by atoms with van der Waals surface area (Å²) in [6.07, 6.45) is 3.88. The van der Waals surface area contributed by atoms with Gasteiger partial charge >= 0.3 is 6.09 Å². The standard InChI is InChI=1S/C34H44N6O5/c1-34(2,3)45-33(43)40-12-5-6-29(40)32(42)38-16-14-37(15-17-38)31-10-7-24(20-35-31)27-19-30(39-13-11-23(21-39)22-41)26-9-8-25(44-4)18-28(26)36-27/h7-10,18-20,23,29,41H,5-6,11-17,21-22H2,1-4H3. The van der Waals surface area contributed by atoms with Gasteiger partial charge in [0.05, 0.1) is 18.3 Å². The van der Waals surface area contributed by atoms with Gasteiger partial charge < -0.3 is 29.3 Å². The van der Waals surface area contributed by atoms with Crippen molar-refractivity contribution in [3.05, 3.63) is 42.6 Å². The predicted octanol–water partition coefficient (Wildman–Crippen LogP) is 4.17. The first-order chi connectivity index (χ1) is 21.6. The highest BCUT2D eigenvalue weighted by Gasteiger charge is 2.39. The Morgan fingerprint density at radius 3 is 2.44 bits per heavy atom. The van der Waals surface area contributed by atoms with Gasteiger partial charge in [0, 0.05) is 87.2 Å². The fourth-order valence-corrected chi connectivity index (χ4v) is 6.58. The molecule has 0 aliphatic carbocycles. The van der Waals surface area contributed by atoms with Crippen LogP contribution in [0, 0.1) is 5.92 Å². The number of pyridine rings is 2. The Morgan fingerprint density at radius 2 is 1.78 bits per heavy atom. The number of ether oxygens (including phenoxy) is 2. The van der Waals surface area contributed by atoms with Crippen molar-refractivity contribution in [3.63, 3.8) is 0 Å². The second-order valence-electron chi connectivity index (χ2n) is 13.2. The van der Waals surface area contributed by atoms with Gasteiger partial charge in [0.15, 0.2) is 0 Å². The summed E-state index contributed by atoms with van der Waals surface area (Å²) in [6.45, 7) is 10.4. The van der Waals surface area contributed by atoms with E-state index in [2.05, 4.69) is 28.0 Å². The Morgan fingerprint density at radius 1 is 0.978 bits per heavy atom. The maximum absolute atomic E-state index is 13.4. The van der Waals surface area contributed by atoms with E-state index in [0.717, 1.165) is 65.3 Å². The molecule has 0 radical (unpaired) electrons. The van der Waals surface area contributed by atoms with Crippen molar-refractivity contribution in [2.45, 2.75) is 51.7 Å². The Balaban J connectivity index is 1.14. The minimum absolute atomic E-state index is 0.000517. The number of fused-ring (bicyclic) bond motifs is 1. The van der Waals surface area contributed by atoms with Gasteiger partial charge in [-0.1, -0.05) is 0 Å². The molecule has 6 rings (SSSR count). The van der Waals surface area contributed by atoms with Gasteiger partial charge in [-0.25, -0.2) is 14.8 Å². The molecule has 3 fully saturated rings. The molecule has 2 unspecified atom stereocenters. The monoisotopic (exact) mass is 616 g/mol. The first-order valence-corrected chi connectivity index (χ1v) is 16.0. The van der Waals surface area contributed by atoms with E-state index in [1.165, 1.54) is 0 Å². The molecule has 45 heavy (non-hydrogen) atoms. The highest BCUT2D eigenvalue weighted by atomic mass is 16.6. The quantitative estimate of drug-likeness (QED) is 0.436. The number of nitrogens with zero attached hydrogens (tertiary/aromatic N) is 6. The molecule has 3 aliphatic heterocycles. The third-order valence-corrected chi connectivity index (χ3v) is 9.00. The van der Waals surface area contributed by atoms with Gasteiger partial charge in [0.1, 0.15) is 23.2 Å². The molecule has 3 aromatic rings.